The molecule has 0 heterocycles. The van der Waals surface area contributed by atoms with Gasteiger partial charge >= 0.3 is 5.97 Å². The van der Waals surface area contributed by atoms with Crippen LogP contribution < -0.4 is 0 Å². The van der Waals surface area contributed by atoms with Crippen LogP contribution in [-0.2, 0) is 9.59 Å². The molecule has 5 heteroatoms. The molecule has 1 N–H and O–H groups in total. The summed E-state index contributed by atoms with van der Waals surface area (Å²) >= 11 is 1.13. The summed E-state index contributed by atoms with van der Waals surface area (Å²) in [6.07, 6.45) is 0. The highest BCUT2D eigenvalue weighted by Gasteiger charge is 2.17. The van der Waals surface area contributed by atoms with Gasteiger partial charge in [0.2, 0.25) is 5.91 Å². The van der Waals surface area contributed by atoms with E-state index >= 15 is 0 Å². The summed E-state index contributed by atoms with van der Waals surface area (Å²) in [5, 5.41) is 8.41. The minimum atomic E-state index is -0.883. The summed E-state index contributed by atoms with van der Waals surface area (Å²) in [4.78, 5) is 23.4. The quantitative estimate of drug-likeness (QED) is 0.778. The normalized spacial score (nSPS) is 11.2. The molecule has 0 unspecified atom stereocenters. The largest absolute Gasteiger partial charge is 0.481 e. The molecule has 0 spiro atoms. The number of rotatable bonds is 5. The second-order valence-corrected chi connectivity index (χ2v) is 5.68. The van der Waals surface area contributed by atoms with E-state index in [0.29, 0.717) is 6.54 Å². The third-order valence-electron chi connectivity index (χ3n) is 1.59. The molecule has 0 aromatic rings. The van der Waals surface area contributed by atoms with E-state index in [2.05, 4.69) is 20.8 Å². The minimum Gasteiger partial charge on any atom is -0.481 e. The fraction of sp³-hybridized carbons (Fsp3) is 0.800. The highest BCUT2D eigenvalue weighted by molar-refractivity contribution is 8.00. The van der Waals surface area contributed by atoms with Crippen molar-refractivity contribution >= 4 is 23.6 Å². The second-order valence-electron chi connectivity index (χ2n) is 4.70. The minimum absolute atomic E-state index is 0.0174. The van der Waals surface area contributed by atoms with Crippen molar-refractivity contribution in [2.24, 2.45) is 5.41 Å². The molecule has 4 nitrogen and oxygen atoms in total. The lowest BCUT2D eigenvalue weighted by Gasteiger charge is -2.26. The van der Waals surface area contributed by atoms with Crippen molar-refractivity contribution in [2.45, 2.75) is 20.8 Å². The Morgan fingerprint density at radius 3 is 2.20 bits per heavy atom. The van der Waals surface area contributed by atoms with Gasteiger partial charge < -0.3 is 10.0 Å². The first-order valence-corrected chi connectivity index (χ1v) is 5.91. The maximum atomic E-state index is 11.5. The van der Waals surface area contributed by atoms with Crippen LogP contribution in [0.3, 0.4) is 0 Å². The number of carboxylic acid groups (broad SMARTS) is 1. The summed E-state index contributed by atoms with van der Waals surface area (Å²) in [5.74, 6) is -0.684. The van der Waals surface area contributed by atoms with E-state index < -0.39 is 5.97 Å². The lowest BCUT2D eigenvalue weighted by atomic mass is 9.96. The zero-order valence-electron chi connectivity index (χ0n) is 9.74. The highest BCUT2D eigenvalue weighted by Crippen LogP contribution is 2.14. The van der Waals surface area contributed by atoms with Gasteiger partial charge in [0.1, 0.15) is 0 Å². The van der Waals surface area contributed by atoms with Gasteiger partial charge in [0.25, 0.3) is 0 Å². The van der Waals surface area contributed by atoms with Crippen molar-refractivity contribution < 1.29 is 14.7 Å². The highest BCUT2D eigenvalue weighted by atomic mass is 32.2. The summed E-state index contributed by atoms with van der Waals surface area (Å²) in [7, 11) is 1.74. The van der Waals surface area contributed by atoms with Crippen LogP contribution in [0.15, 0.2) is 0 Å². The predicted molar refractivity (Wildman–Crippen MR) is 62.1 cm³/mol. The van der Waals surface area contributed by atoms with Gasteiger partial charge in [-0.25, -0.2) is 0 Å². The molecule has 0 aliphatic carbocycles. The Labute approximate surface area is 95.0 Å². The van der Waals surface area contributed by atoms with Gasteiger partial charge in [0.15, 0.2) is 0 Å². The number of thioether (sulfide) groups is 1. The molecule has 0 saturated carbocycles. The van der Waals surface area contributed by atoms with Crippen molar-refractivity contribution in [2.75, 3.05) is 25.1 Å². The van der Waals surface area contributed by atoms with Crippen LogP contribution in [0.5, 0.6) is 0 Å². The van der Waals surface area contributed by atoms with E-state index in [0.717, 1.165) is 11.8 Å². The maximum absolute atomic E-state index is 11.5. The van der Waals surface area contributed by atoms with Crippen molar-refractivity contribution in [1.82, 2.24) is 4.90 Å². The van der Waals surface area contributed by atoms with E-state index in [-0.39, 0.29) is 22.8 Å². The monoisotopic (exact) mass is 233 g/mol. The zero-order chi connectivity index (χ0) is 12.1. The molecule has 0 atom stereocenters. The number of carbonyl (C=O) groups excluding carboxylic acids is 1. The molecule has 15 heavy (non-hydrogen) atoms. The molecule has 0 bridgehead atoms. The smallest absolute Gasteiger partial charge is 0.313 e. The van der Waals surface area contributed by atoms with Gasteiger partial charge in [-0.15, -0.1) is 11.8 Å². The summed E-state index contributed by atoms with van der Waals surface area (Å²) in [6.45, 7) is 6.85. The van der Waals surface area contributed by atoms with E-state index in [4.69, 9.17) is 5.11 Å². The van der Waals surface area contributed by atoms with Crippen molar-refractivity contribution in [3.8, 4) is 0 Å². The lowest BCUT2D eigenvalue weighted by Crippen LogP contribution is -2.35. The number of nitrogens with zero attached hydrogens (tertiary/aromatic N) is 1. The third-order valence-corrected chi connectivity index (χ3v) is 2.49. The van der Waals surface area contributed by atoms with Crippen LogP contribution in [0.25, 0.3) is 0 Å². The van der Waals surface area contributed by atoms with Gasteiger partial charge in [0, 0.05) is 13.6 Å². The molecule has 0 aliphatic heterocycles. The molecule has 0 aromatic carbocycles. The topological polar surface area (TPSA) is 57.6 Å². The van der Waals surface area contributed by atoms with Gasteiger partial charge in [-0.1, -0.05) is 20.8 Å². The first-order valence-electron chi connectivity index (χ1n) is 4.76. The van der Waals surface area contributed by atoms with Crippen LogP contribution in [0, 0.1) is 5.41 Å². The summed E-state index contributed by atoms with van der Waals surface area (Å²) < 4.78 is 0. The molecule has 88 valence electrons. The molecule has 1 amide bonds. The number of hydrogen-bond acceptors (Lipinski definition) is 3. The Morgan fingerprint density at radius 1 is 1.27 bits per heavy atom. The third kappa shape index (κ3) is 8.30. The standard InChI is InChI=1S/C10H19NO3S/c1-10(2,3)7-11(4)8(12)5-15-6-9(13)14/h5-7H2,1-4H3,(H,13,14). The Morgan fingerprint density at radius 2 is 1.80 bits per heavy atom. The molecule has 0 rings (SSSR count). The molecule has 0 aromatic heterocycles. The van der Waals surface area contributed by atoms with Gasteiger partial charge in [-0.2, -0.15) is 0 Å². The average Bonchev–Trinajstić information content (AvgIpc) is 1.99. The van der Waals surface area contributed by atoms with Crippen LogP contribution >= 0.6 is 11.8 Å². The maximum Gasteiger partial charge on any atom is 0.313 e. The van der Waals surface area contributed by atoms with E-state index in [1.54, 1.807) is 11.9 Å². The zero-order valence-corrected chi connectivity index (χ0v) is 10.6. The Bertz CT molecular complexity index is 235. The van der Waals surface area contributed by atoms with Crippen LogP contribution in [0.1, 0.15) is 20.8 Å². The molecule has 0 saturated heterocycles. The Hall–Kier alpha value is -0.710. The van der Waals surface area contributed by atoms with Crippen LogP contribution in [0.4, 0.5) is 0 Å². The molecule has 0 aliphatic rings. The predicted octanol–water partition coefficient (Wildman–Crippen LogP) is 1.31. The Kier molecular flexibility index (Phi) is 5.72. The van der Waals surface area contributed by atoms with E-state index in [1.807, 2.05) is 0 Å². The Balaban J connectivity index is 3.85. The van der Waals surface area contributed by atoms with Crippen LogP contribution in [-0.4, -0.2) is 47.0 Å². The molecule has 0 fully saturated rings. The summed E-state index contributed by atoms with van der Waals surface area (Å²) in [6, 6.07) is 0. The first-order chi connectivity index (χ1) is 6.72. The summed E-state index contributed by atoms with van der Waals surface area (Å²) in [5.41, 5.74) is 0.0713. The van der Waals surface area contributed by atoms with Crippen molar-refractivity contribution in [3.05, 3.63) is 0 Å². The molecular formula is C10H19NO3S. The van der Waals surface area contributed by atoms with Crippen LogP contribution in [0.2, 0.25) is 0 Å². The number of carbonyl (C=O) groups is 2. The fourth-order valence-corrected chi connectivity index (χ4v) is 1.81. The number of amides is 1. The molecular weight excluding hydrogens is 214 g/mol. The van der Waals surface area contributed by atoms with Crippen molar-refractivity contribution in [3.63, 3.8) is 0 Å². The number of hydrogen-bond donors (Lipinski definition) is 1. The fourth-order valence-electron chi connectivity index (χ4n) is 1.14. The SMILES string of the molecule is CN(CC(C)(C)C)C(=O)CSCC(=O)O. The van der Waals surface area contributed by atoms with Crippen molar-refractivity contribution in [1.29, 1.82) is 0 Å². The number of aliphatic carboxylic acids is 1. The second kappa shape index (κ2) is 6.00. The van der Waals surface area contributed by atoms with Gasteiger partial charge in [-0.3, -0.25) is 9.59 Å². The average molecular weight is 233 g/mol. The molecule has 0 radical (unpaired) electrons. The van der Waals surface area contributed by atoms with Gasteiger partial charge in [0.05, 0.1) is 11.5 Å². The lowest BCUT2D eigenvalue weighted by molar-refractivity contribution is -0.133. The van der Waals surface area contributed by atoms with Gasteiger partial charge in [-0.05, 0) is 5.41 Å². The first kappa shape index (κ1) is 14.3. The van der Waals surface area contributed by atoms with E-state index in [9.17, 15) is 9.59 Å². The van der Waals surface area contributed by atoms with E-state index in [1.165, 1.54) is 0 Å². The number of carboxylic acids is 1.